The predicted octanol–water partition coefficient (Wildman–Crippen LogP) is 1.69. The fraction of sp³-hybridized carbons (Fsp3) is 0.667. The van der Waals surface area contributed by atoms with Crippen LogP contribution < -0.4 is 10.5 Å². The first-order chi connectivity index (χ1) is 7.26. The number of ether oxygens (including phenoxy) is 1. The standard InChI is InChI=1S/C9H14F3N3O/c1-5-7(6(13)4-9(10,11)12)8(16-3)15(2)14-5/h6H,4,13H2,1-3H3/t6-/m0/s1. The van der Waals surface area contributed by atoms with E-state index in [4.69, 9.17) is 10.5 Å². The minimum Gasteiger partial charge on any atom is -0.481 e. The molecule has 1 atom stereocenters. The fourth-order valence-corrected chi connectivity index (χ4v) is 1.67. The lowest BCUT2D eigenvalue weighted by Crippen LogP contribution is -2.21. The summed E-state index contributed by atoms with van der Waals surface area (Å²) in [5.41, 5.74) is 6.28. The van der Waals surface area contributed by atoms with Crippen molar-refractivity contribution < 1.29 is 17.9 Å². The molecule has 0 aliphatic rings. The Bertz CT molecular complexity index is 373. The maximum absolute atomic E-state index is 12.2. The summed E-state index contributed by atoms with van der Waals surface area (Å²) in [6.45, 7) is 1.61. The Hall–Kier alpha value is -1.24. The molecule has 1 heterocycles. The Kier molecular flexibility index (Phi) is 3.47. The highest BCUT2D eigenvalue weighted by Gasteiger charge is 2.33. The van der Waals surface area contributed by atoms with Gasteiger partial charge >= 0.3 is 6.18 Å². The Labute approximate surface area is 91.2 Å². The summed E-state index contributed by atoms with van der Waals surface area (Å²) in [6, 6.07) is -1.15. The maximum atomic E-state index is 12.2. The van der Waals surface area contributed by atoms with Crippen molar-refractivity contribution in [2.75, 3.05) is 7.11 Å². The van der Waals surface area contributed by atoms with E-state index in [1.54, 1.807) is 14.0 Å². The quantitative estimate of drug-likeness (QED) is 0.870. The van der Waals surface area contributed by atoms with Crippen LogP contribution >= 0.6 is 0 Å². The molecule has 0 aliphatic carbocycles. The average Bonchev–Trinajstić information content (AvgIpc) is 2.37. The molecule has 0 saturated carbocycles. The minimum absolute atomic E-state index is 0.272. The van der Waals surface area contributed by atoms with Crippen LogP contribution in [0.3, 0.4) is 0 Å². The van der Waals surface area contributed by atoms with Gasteiger partial charge in [0.15, 0.2) is 0 Å². The van der Waals surface area contributed by atoms with Crippen molar-refractivity contribution >= 4 is 0 Å². The molecule has 2 N–H and O–H groups in total. The molecule has 0 aromatic carbocycles. The summed E-state index contributed by atoms with van der Waals surface area (Å²) in [7, 11) is 2.97. The Balaban J connectivity index is 3.03. The second-order valence-corrected chi connectivity index (χ2v) is 3.56. The molecule has 0 amide bonds. The summed E-state index contributed by atoms with van der Waals surface area (Å²) in [6.07, 6.45) is -5.39. The molecule has 1 aromatic rings. The number of aromatic nitrogens is 2. The number of alkyl halides is 3. The van der Waals surface area contributed by atoms with Gasteiger partial charge in [0.1, 0.15) is 0 Å². The van der Waals surface area contributed by atoms with Crippen molar-refractivity contribution in [2.24, 2.45) is 12.8 Å². The van der Waals surface area contributed by atoms with Gasteiger partial charge in [-0.2, -0.15) is 18.3 Å². The molecular weight excluding hydrogens is 223 g/mol. The van der Waals surface area contributed by atoms with E-state index >= 15 is 0 Å². The first-order valence-electron chi connectivity index (χ1n) is 4.66. The molecule has 0 bridgehead atoms. The highest BCUT2D eigenvalue weighted by atomic mass is 19.4. The Morgan fingerprint density at radius 3 is 2.50 bits per heavy atom. The highest BCUT2D eigenvalue weighted by molar-refractivity contribution is 5.34. The fourth-order valence-electron chi connectivity index (χ4n) is 1.67. The van der Waals surface area contributed by atoms with E-state index in [1.165, 1.54) is 11.8 Å². The summed E-state index contributed by atoms with van der Waals surface area (Å²) in [5.74, 6) is 0.272. The number of halogens is 3. The number of nitrogens with two attached hydrogens (primary N) is 1. The van der Waals surface area contributed by atoms with Gasteiger partial charge in [0.2, 0.25) is 5.88 Å². The van der Waals surface area contributed by atoms with Gasteiger partial charge in [-0.3, -0.25) is 0 Å². The highest BCUT2D eigenvalue weighted by Crippen LogP contribution is 2.33. The summed E-state index contributed by atoms with van der Waals surface area (Å²) >= 11 is 0. The van der Waals surface area contributed by atoms with Crippen LogP contribution in [0.5, 0.6) is 5.88 Å². The number of methoxy groups -OCH3 is 1. The molecule has 4 nitrogen and oxygen atoms in total. The van der Waals surface area contributed by atoms with E-state index in [-0.39, 0.29) is 5.88 Å². The summed E-state index contributed by atoms with van der Waals surface area (Å²) in [5, 5.41) is 3.98. The third kappa shape index (κ3) is 2.66. The van der Waals surface area contributed by atoms with Gasteiger partial charge in [-0.05, 0) is 6.92 Å². The van der Waals surface area contributed by atoms with Crippen molar-refractivity contribution in [3.05, 3.63) is 11.3 Å². The molecule has 0 fully saturated rings. The number of hydrogen-bond donors (Lipinski definition) is 1. The van der Waals surface area contributed by atoms with E-state index in [0.29, 0.717) is 11.3 Å². The lowest BCUT2D eigenvalue weighted by Gasteiger charge is -2.15. The van der Waals surface area contributed by atoms with E-state index < -0.39 is 18.6 Å². The predicted molar refractivity (Wildman–Crippen MR) is 52.1 cm³/mol. The van der Waals surface area contributed by atoms with Crippen molar-refractivity contribution in [1.29, 1.82) is 0 Å². The normalized spacial score (nSPS) is 13.9. The first-order valence-corrected chi connectivity index (χ1v) is 4.66. The van der Waals surface area contributed by atoms with Gasteiger partial charge in [-0.15, -0.1) is 0 Å². The van der Waals surface area contributed by atoms with Gasteiger partial charge in [0, 0.05) is 13.1 Å². The van der Waals surface area contributed by atoms with Crippen LogP contribution in [0.25, 0.3) is 0 Å². The second-order valence-electron chi connectivity index (χ2n) is 3.56. The van der Waals surface area contributed by atoms with Crippen molar-refractivity contribution in [1.82, 2.24) is 9.78 Å². The monoisotopic (exact) mass is 237 g/mol. The molecule has 16 heavy (non-hydrogen) atoms. The zero-order valence-electron chi connectivity index (χ0n) is 9.30. The van der Waals surface area contributed by atoms with E-state index in [1.807, 2.05) is 0 Å². The molecule has 1 rings (SSSR count). The van der Waals surface area contributed by atoms with Gasteiger partial charge < -0.3 is 10.5 Å². The lowest BCUT2D eigenvalue weighted by atomic mass is 10.1. The number of rotatable bonds is 3. The SMILES string of the molecule is COc1c([C@@H](N)CC(F)(F)F)c(C)nn1C. The molecule has 92 valence electrons. The minimum atomic E-state index is -4.30. The van der Waals surface area contributed by atoms with E-state index in [2.05, 4.69) is 5.10 Å². The zero-order chi connectivity index (χ0) is 12.5. The number of nitrogens with zero attached hydrogens (tertiary/aromatic N) is 2. The van der Waals surface area contributed by atoms with Crippen molar-refractivity contribution in [2.45, 2.75) is 25.6 Å². The van der Waals surface area contributed by atoms with E-state index in [9.17, 15) is 13.2 Å². The van der Waals surface area contributed by atoms with Gasteiger partial charge in [0.05, 0.1) is 24.8 Å². The van der Waals surface area contributed by atoms with Crippen LogP contribution in [0.2, 0.25) is 0 Å². The van der Waals surface area contributed by atoms with Crippen LogP contribution in [0.15, 0.2) is 0 Å². The average molecular weight is 237 g/mol. The third-order valence-corrected chi connectivity index (χ3v) is 2.23. The molecule has 0 spiro atoms. The number of hydrogen-bond acceptors (Lipinski definition) is 3. The lowest BCUT2D eigenvalue weighted by molar-refractivity contribution is -0.138. The van der Waals surface area contributed by atoms with Crippen LogP contribution in [-0.4, -0.2) is 23.1 Å². The van der Waals surface area contributed by atoms with Crippen molar-refractivity contribution in [3.8, 4) is 5.88 Å². The molecule has 0 unspecified atom stereocenters. The molecule has 1 aromatic heterocycles. The van der Waals surface area contributed by atoms with Crippen LogP contribution in [0.4, 0.5) is 13.2 Å². The summed E-state index contributed by atoms with van der Waals surface area (Å²) < 4.78 is 43.0. The molecule has 0 radical (unpaired) electrons. The topological polar surface area (TPSA) is 53.1 Å². The van der Waals surface area contributed by atoms with E-state index in [0.717, 1.165) is 0 Å². The van der Waals surface area contributed by atoms with Crippen LogP contribution in [0.1, 0.15) is 23.7 Å². The van der Waals surface area contributed by atoms with Gasteiger partial charge in [-0.1, -0.05) is 0 Å². The van der Waals surface area contributed by atoms with Crippen molar-refractivity contribution in [3.63, 3.8) is 0 Å². The van der Waals surface area contributed by atoms with Crippen LogP contribution in [0, 0.1) is 6.92 Å². The largest absolute Gasteiger partial charge is 0.481 e. The second kappa shape index (κ2) is 4.32. The molecular formula is C9H14F3N3O. The Morgan fingerprint density at radius 2 is 2.06 bits per heavy atom. The molecule has 0 aliphatic heterocycles. The van der Waals surface area contributed by atoms with Gasteiger partial charge in [0.25, 0.3) is 0 Å². The number of aryl methyl sites for hydroxylation is 2. The maximum Gasteiger partial charge on any atom is 0.390 e. The zero-order valence-corrected chi connectivity index (χ0v) is 9.30. The Morgan fingerprint density at radius 1 is 1.50 bits per heavy atom. The molecule has 0 saturated heterocycles. The molecule has 7 heteroatoms. The summed E-state index contributed by atoms with van der Waals surface area (Å²) in [4.78, 5) is 0. The van der Waals surface area contributed by atoms with Gasteiger partial charge in [-0.25, -0.2) is 4.68 Å². The van der Waals surface area contributed by atoms with Crippen LogP contribution in [-0.2, 0) is 7.05 Å². The first kappa shape index (κ1) is 12.8. The third-order valence-electron chi connectivity index (χ3n) is 2.23. The smallest absolute Gasteiger partial charge is 0.390 e.